The molecule has 0 radical (unpaired) electrons. The van der Waals surface area contributed by atoms with Crippen LogP contribution >= 0.6 is 0 Å². The van der Waals surface area contributed by atoms with Crippen molar-refractivity contribution in [3.63, 3.8) is 0 Å². The van der Waals surface area contributed by atoms with Crippen molar-refractivity contribution in [2.24, 2.45) is 11.3 Å². The number of piperidine rings is 1. The molecule has 0 aromatic heterocycles. The number of nitrogens with one attached hydrogen (secondary N) is 4. The number of carbonyl (C=O) groups is 10. The summed E-state index contributed by atoms with van der Waals surface area (Å²) in [6.45, 7) is 12.8. The predicted octanol–water partition coefficient (Wildman–Crippen LogP) is 5.44. The molecular formula is C61H84N8O12. The molecule has 0 unspecified atom stereocenters. The fourth-order valence-electron chi connectivity index (χ4n) is 9.11. The number of ether oxygens (including phenoxy) is 2. The van der Waals surface area contributed by atoms with Crippen molar-refractivity contribution in [3.8, 4) is 0 Å². The van der Waals surface area contributed by atoms with Crippen molar-refractivity contribution < 1.29 is 57.4 Å². The number of nitrogens with zero attached hydrogens (tertiary/aromatic N) is 4. The second kappa shape index (κ2) is 32.5. The van der Waals surface area contributed by atoms with Gasteiger partial charge in [-0.3, -0.25) is 38.4 Å². The maximum absolute atomic E-state index is 14.7. The van der Waals surface area contributed by atoms with Crippen LogP contribution in [0.3, 0.4) is 0 Å². The van der Waals surface area contributed by atoms with Crippen LogP contribution in [-0.2, 0) is 77.0 Å². The van der Waals surface area contributed by atoms with Crippen molar-refractivity contribution in [1.82, 2.24) is 35.6 Å². The van der Waals surface area contributed by atoms with Gasteiger partial charge in [0.1, 0.15) is 31.3 Å². The van der Waals surface area contributed by atoms with Gasteiger partial charge < -0.3 is 50.3 Å². The average Bonchev–Trinajstić information content (AvgIpc) is 3.45. The monoisotopic (exact) mass is 1120 g/mol. The summed E-state index contributed by atoms with van der Waals surface area (Å²) in [5.74, 6) is -5.41. The molecule has 3 aromatic rings. The Morgan fingerprint density at radius 3 is 2.11 bits per heavy atom. The van der Waals surface area contributed by atoms with E-state index in [1.807, 2.05) is 38.1 Å². The van der Waals surface area contributed by atoms with Gasteiger partial charge in [0.15, 0.2) is 0 Å². The average molecular weight is 1120 g/mol. The molecule has 1 heterocycles. The summed E-state index contributed by atoms with van der Waals surface area (Å²) >= 11 is 0. The normalized spacial score (nSPS) is 14.5. The summed E-state index contributed by atoms with van der Waals surface area (Å²) in [7, 11) is 5.32. The first-order valence-corrected chi connectivity index (χ1v) is 27.8. The van der Waals surface area contributed by atoms with Gasteiger partial charge in [-0.2, -0.15) is 0 Å². The third kappa shape index (κ3) is 21.7. The lowest BCUT2D eigenvalue weighted by Crippen LogP contribution is -2.54. The molecule has 0 spiro atoms. The third-order valence-electron chi connectivity index (χ3n) is 13.6. The quantitative estimate of drug-likeness (QED) is 0.0369. The highest BCUT2D eigenvalue weighted by atomic mass is 16.5. The van der Waals surface area contributed by atoms with Gasteiger partial charge in [0.2, 0.25) is 41.2 Å². The van der Waals surface area contributed by atoms with Gasteiger partial charge in [-0.25, -0.2) is 9.59 Å². The zero-order chi connectivity index (χ0) is 59.8. The lowest BCUT2D eigenvalue weighted by molar-refractivity contribution is -0.162. The van der Waals surface area contributed by atoms with E-state index in [-0.39, 0.29) is 89.5 Å². The number of amides is 7. The number of carbonyl (C=O) groups excluding carboxylic acids is 10. The fraction of sp³-hybridized carbons (Fsp3) is 0.508. The van der Waals surface area contributed by atoms with E-state index in [1.54, 1.807) is 92.5 Å². The third-order valence-corrected chi connectivity index (χ3v) is 13.6. The molecule has 20 nitrogen and oxygen atoms in total. The molecule has 1 fully saturated rings. The first-order valence-electron chi connectivity index (χ1n) is 27.8. The first kappa shape index (κ1) is 65.8. The van der Waals surface area contributed by atoms with Crippen LogP contribution in [0.1, 0.15) is 122 Å². The number of anilines is 1. The minimum Gasteiger partial charge on any atom is -0.461 e. The molecule has 440 valence electrons. The molecule has 0 aliphatic carbocycles. The SMILES string of the molecule is C/C=C/C(=O)OCC(C)(C)C(=O)C(=O)N1CCCC[C@H]1C(=O)OCc1cccc(NC(=O)CCC(=O)N[C@H](C(=O)N[C@@H](Cc2ccc(CNC(=O)CN(C)C)cc2)C(=O)N(CCC)CC(=O)N(C)[C@H](C)CC(C)C)c2ccccc2)c1. The number of ketones is 1. The standard InChI is InChI=1S/C61H84N8O12/c1-11-19-54(74)81-40-61(6,7)56(75)59(78)69-32-17-16-24-49(69)60(79)80-39-45-20-18-23-47(34-45)63-50(70)29-30-51(71)65-55(46-21-14-13-15-22-46)57(76)64-48(35-43-25-27-44(28-26-43)36-62-52(72)37-66(8)9)58(77)68(31-12-2)38-53(73)67(10)42(5)33-41(3)4/h11,13-15,18-23,25-28,34,41-42,48-49,55H,12,16-17,24,29-33,35-40H2,1-10H3,(H,62,72)(H,63,70)(H,64,76)(H,65,71)/b19-11+/t42-,48+,49+,55+/m1/s1. The number of esters is 2. The minimum atomic E-state index is -1.35. The topological polar surface area (TPSA) is 250 Å². The number of likely N-dealkylation sites (tertiary alicyclic amines) is 1. The van der Waals surface area contributed by atoms with Crippen LogP contribution in [0.25, 0.3) is 0 Å². The molecule has 81 heavy (non-hydrogen) atoms. The Bertz CT molecular complexity index is 2670. The Labute approximate surface area is 477 Å². The fourth-order valence-corrected chi connectivity index (χ4v) is 9.11. The van der Waals surface area contributed by atoms with Crippen LogP contribution in [-0.4, -0.2) is 151 Å². The van der Waals surface area contributed by atoms with Crippen molar-refractivity contribution in [2.45, 2.75) is 137 Å². The molecular weight excluding hydrogens is 1040 g/mol. The van der Waals surface area contributed by atoms with E-state index >= 15 is 0 Å². The number of hydrogen-bond acceptors (Lipinski definition) is 13. The molecule has 0 bridgehead atoms. The number of hydrogen-bond donors (Lipinski definition) is 4. The smallest absolute Gasteiger partial charge is 0.330 e. The number of allylic oxidation sites excluding steroid dienone is 1. The van der Waals surface area contributed by atoms with E-state index in [4.69, 9.17) is 9.47 Å². The lowest BCUT2D eigenvalue weighted by atomic mass is 9.87. The summed E-state index contributed by atoms with van der Waals surface area (Å²) in [4.78, 5) is 141. The van der Waals surface area contributed by atoms with Gasteiger partial charge in [0.05, 0.1) is 18.5 Å². The number of benzene rings is 3. The summed E-state index contributed by atoms with van der Waals surface area (Å²) < 4.78 is 10.8. The molecule has 4 atom stereocenters. The second-order valence-electron chi connectivity index (χ2n) is 21.9. The maximum atomic E-state index is 14.7. The molecule has 3 aromatic carbocycles. The first-order chi connectivity index (χ1) is 38.4. The molecule has 7 amide bonds. The van der Waals surface area contributed by atoms with Crippen LogP contribution < -0.4 is 21.3 Å². The largest absolute Gasteiger partial charge is 0.461 e. The highest BCUT2D eigenvalue weighted by molar-refractivity contribution is 6.38. The van der Waals surface area contributed by atoms with Gasteiger partial charge in [-0.1, -0.05) is 93.6 Å². The number of rotatable bonds is 30. The number of Topliss-reactive ketones (excluding diaryl/α,β-unsaturated/α-hetero) is 1. The Morgan fingerprint density at radius 1 is 0.778 bits per heavy atom. The van der Waals surface area contributed by atoms with E-state index < -0.39 is 70.8 Å². The zero-order valence-electron chi connectivity index (χ0n) is 48.8. The van der Waals surface area contributed by atoms with E-state index in [0.717, 1.165) is 12.0 Å². The summed E-state index contributed by atoms with van der Waals surface area (Å²) in [5, 5.41) is 11.3. The predicted molar refractivity (Wildman–Crippen MR) is 306 cm³/mol. The van der Waals surface area contributed by atoms with E-state index in [1.165, 1.54) is 35.8 Å². The van der Waals surface area contributed by atoms with Crippen LogP contribution in [0.4, 0.5) is 5.69 Å². The maximum Gasteiger partial charge on any atom is 0.330 e. The van der Waals surface area contributed by atoms with Gasteiger partial charge in [0.25, 0.3) is 5.91 Å². The van der Waals surface area contributed by atoms with E-state index in [0.29, 0.717) is 47.6 Å². The Hall–Kier alpha value is -7.74. The van der Waals surface area contributed by atoms with Gasteiger partial charge >= 0.3 is 11.9 Å². The molecule has 1 aliphatic heterocycles. The molecule has 4 N–H and O–H groups in total. The highest BCUT2D eigenvalue weighted by Crippen LogP contribution is 2.25. The Balaban J connectivity index is 1.44. The Kier molecular flexibility index (Phi) is 26.4. The molecule has 0 saturated carbocycles. The zero-order valence-corrected chi connectivity index (χ0v) is 48.8. The molecule has 1 saturated heterocycles. The summed E-state index contributed by atoms with van der Waals surface area (Å²) in [5.41, 5.74) is 1.44. The van der Waals surface area contributed by atoms with Gasteiger partial charge in [-0.05, 0) is 114 Å². The van der Waals surface area contributed by atoms with Crippen LogP contribution in [0.15, 0.2) is 91.0 Å². The van der Waals surface area contributed by atoms with Crippen LogP contribution in [0.5, 0.6) is 0 Å². The van der Waals surface area contributed by atoms with Gasteiger partial charge in [0, 0.05) is 63.7 Å². The van der Waals surface area contributed by atoms with Crippen LogP contribution in [0, 0.1) is 11.3 Å². The Morgan fingerprint density at radius 2 is 1.46 bits per heavy atom. The van der Waals surface area contributed by atoms with E-state index in [9.17, 15) is 47.9 Å². The summed E-state index contributed by atoms with van der Waals surface area (Å²) in [6, 6.07) is 18.7. The van der Waals surface area contributed by atoms with E-state index in [2.05, 4.69) is 35.1 Å². The minimum absolute atomic E-state index is 0.0337. The van der Waals surface area contributed by atoms with Crippen molar-refractivity contribution in [1.29, 1.82) is 0 Å². The lowest BCUT2D eigenvalue weighted by Gasteiger charge is -2.35. The van der Waals surface area contributed by atoms with Crippen molar-refractivity contribution >= 4 is 64.8 Å². The molecule has 4 rings (SSSR count). The molecule has 20 heteroatoms. The van der Waals surface area contributed by atoms with Crippen molar-refractivity contribution in [2.75, 3.05) is 59.2 Å². The highest BCUT2D eigenvalue weighted by Gasteiger charge is 2.42. The second-order valence-corrected chi connectivity index (χ2v) is 21.9. The molecule has 1 aliphatic rings. The number of likely N-dealkylation sites (N-methyl/N-ethyl adjacent to an activating group) is 2. The van der Waals surface area contributed by atoms with Crippen molar-refractivity contribution in [3.05, 3.63) is 113 Å². The summed E-state index contributed by atoms with van der Waals surface area (Å²) in [6.07, 6.45) is 4.91. The van der Waals surface area contributed by atoms with Gasteiger partial charge in [-0.15, -0.1) is 0 Å². The van der Waals surface area contributed by atoms with Crippen LogP contribution in [0.2, 0.25) is 0 Å².